The maximum atomic E-state index is 9.27. The summed E-state index contributed by atoms with van der Waals surface area (Å²) in [6.07, 6.45) is 3.13. The van der Waals surface area contributed by atoms with Crippen LogP contribution < -0.4 is 0 Å². The Hall–Kier alpha value is 0.650. The molecule has 0 aromatic heterocycles. The smallest absolute Gasteiger partial charge is 0.115 e. The highest BCUT2D eigenvalue weighted by Gasteiger charge is 2.23. The van der Waals surface area contributed by atoms with Gasteiger partial charge in [-0.3, -0.25) is 0 Å². The second-order valence-corrected chi connectivity index (χ2v) is 3.72. The van der Waals surface area contributed by atoms with Crippen molar-refractivity contribution in [3.8, 4) is 0 Å². The van der Waals surface area contributed by atoms with Gasteiger partial charge in [-0.15, -0.1) is 0 Å². The molecule has 0 aromatic carbocycles. The van der Waals surface area contributed by atoms with Crippen molar-refractivity contribution < 1.29 is 5.11 Å². The third-order valence-corrected chi connectivity index (χ3v) is 3.38. The Bertz CT molecular complexity index is 89.1. The summed E-state index contributed by atoms with van der Waals surface area (Å²) in [6, 6.07) is 0.550. The molecule has 0 radical (unpaired) electrons. The highest BCUT2D eigenvalue weighted by atomic mass is 127. The predicted molar refractivity (Wildman–Crippen MR) is 45.2 cm³/mol. The monoisotopic (exact) mass is 241 g/mol. The summed E-state index contributed by atoms with van der Waals surface area (Å²) in [5.74, 6) is 0. The molecule has 1 heterocycles. The van der Waals surface area contributed by atoms with Crippen LogP contribution in [0.15, 0.2) is 0 Å². The quantitative estimate of drug-likeness (QED) is 0.513. The largest absolute Gasteiger partial charge is 0.378 e. The molecule has 0 bridgehead atoms. The van der Waals surface area contributed by atoms with E-state index in [-0.39, 0.29) is 6.23 Å². The van der Waals surface area contributed by atoms with Gasteiger partial charge < -0.3 is 5.11 Å². The lowest BCUT2D eigenvalue weighted by molar-refractivity contribution is 0.0290. The normalized spacial score (nSPS) is 39.0. The number of hydrogen-bond acceptors (Lipinski definition) is 2. The second kappa shape index (κ2) is 3.16. The fraction of sp³-hybridized carbons (Fsp3) is 1.00. The van der Waals surface area contributed by atoms with Crippen LogP contribution in [0.2, 0.25) is 0 Å². The summed E-state index contributed by atoms with van der Waals surface area (Å²) in [5.41, 5.74) is 0. The molecule has 9 heavy (non-hydrogen) atoms. The van der Waals surface area contributed by atoms with Crippen LogP contribution in [0.3, 0.4) is 0 Å². The fourth-order valence-corrected chi connectivity index (χ4v) is 1.69. The summed E-state index contributed by atoms with van der Waals surface area (Å²) in [6.45, 7) is 2.15. The third-order valence-electron chi connectivity index (χ3n) is 1.79. The van der Waals surface area contributed by atoms with Crippen LogP contribution >= 0.6 is 22.9 Å². The number of aliphatic hydroxyl groups excluding tert-OH is 1. The van der Waals surface area contributed by atoms with Crippen molar-refractivity contribution in [1.82, 2.24) is 3.11 Å². The van der Waals surface area contributed by atoms with E-state index in [0.29, 0.717) is 6.04 Å². The summed E-state index contributed by atoms with van der Waals surface area (Å²) in [5, 5.41) is 9.27. The Morgan fingerprint density at radius 2 is 2.22 bits per heavy atom. The summed E-state index contributed by atoms with van der Waals surface area (Å²) < 4.78 is 2.00. The average Bonchev–Trinajstić information content (AvgIpc) is 1.83. The van der Waals surface area contributed by atoms with Crippen LogP contribution in [0.1, 0.15) is 26.2 Å². The molecule has 0 aliphatic carbocycles. The lowest BCUT2D eigenvalue weighted by Crippen LogP contribution is -2.37. The highest BCUT2D eigenvalue weighted by molar-refractivity contribution is 14.1. The molecule has 0 aromatic rings. The van der Waals surface area contributed by atoms with Gasteiger partial charge in [-0.2, -0.15) is 0 Å². The number of piperidine rings is 1. The molecular weight excluding hydrogens is 229 g/mol. The Kier molecular flexibility index (Phi) is 2.73. The van der Waals surface area contributed by atoms with E-state index in [2.05, 4.69) is 29.8 Å². The van der Waals surface area contributed by atoms with E-state index in [1.807, 2.05) is 3.11 Å². The SMILES string of the molecule is CC1CCCC(O)N1I. The van der Waals surface area contributed by atoms with Crippen LogP contribution in [-0.4, -0.2) is 20.5 Å². The van der Waals surface area contributed by atoms with Crippen LogP contribution in [0, 0.1) is 0 Å². The lowest BCUT2D eigenvalue weighted by atomic mass is 10.1. The van der Waals surface area contributed by atoms with Crippen molar-refractivity contribution >= 4 is 22.9 Å². The topological polar surface area (TPSA) is 23.5 Å². The molecule has 1 aliphatic heterocycles. The third kappa shape index (κ3) is 1.78. The van der Waals surface area contributed by atoms with Gasteiger partial charge in [0.15, 0.2) is 0 Å². The summed E-state index contributed by atoms with van der Waals surface area (Å²) in [4.78, 5) is 0. The van der Waals surface area contributed by atoms with Crippen molar-refractivity contribution in [2.75, 3.05) is 0 Å². The van der Waals surface area contributed by atoms with E-state index in [4.69, 9.17) is 0 Å². The van der Waals surface area contributed by atoms with Crippen molar-refractivity contribution in [2.45, 2.75) is 38.5 Å². The maximum Gasteiger partial charge on any atom is 0.115 e. The van der Waals surface area contributed by atoms with Gasteiger partial charge in [0.25, 0.3) is 0 Å². The number of nitrogens with zero attached hydrogens (tertiary/aromatic N) is 1. The molecule has 54 valence electrons. The molecule has 0 saturated carbocycles. The molecule has 0 spiro atoms. The molecule has 1 N–H and O–H groups in total. The highest BCUT2D eigenvalue weighted by Crippen LogP contribution is 2.24. The number of halogens is 1. The minimum atomic E-state index is -0.200. The average molecular weight is 241 g/mol. The Morgan fingerprint density at radius 1 is 1.56 bits per heavy atom. The van der Waals surface area contributed by atoms with Gasteiger partial charge in [-0.05, 0) is 26.2 Å². The zero-order chi connectivity index (χ0) is 6.85. The lowest BCUT2D eigenvalue weighted by Gasteiger charge is -2.32. The predicted octanol–water partition coefficient (Wildman–Crippen LogP) is 1.53. The van der Waals surface area contributed by atoms with Gasteiger partial charge in [0.1, 0.15) is 6.23 Å². The van der Waals surface area contributed by atoms with Crippen molar-refractivity contribution in [3.05, 3.63) is 0 Å². The van der Waals surface area contributed by atoms with Crippen molar-refractivity contribution in [3.63, 3.8) is 0 Å². The van der Waals surface area contributed by atoms with Crippen molar-refractivity contribution in [2.24, 2.45) is 0 Å². The molecule has 1 rings (SSSR count). The minimum Gasteiger partial charge on any atom is -0.378 e. The van der Waals surface area contributed by atoms with E-state index < -0.39 is 0 Å². The number of hydrogen-bond donors (Lipinski definition) is 1. The van der Waals surface area contributed by atoms with Gasteiger partial charge >= 0.3 is 0 Å². The summed E-state index contributed by atoms with van der Waals surface area (Å²) >= 11 is 2.19. The maximum absolute atomic E-state index is 9.27. The molecule has 1 aliphatic rings. The van der Waals surface area contributed by atoms with Gasteiger partial charge in [0.05, 0.1) is 0 Å². The van der Waals surface area contributed by atoms with Gasteiger partial charge in [0.2, 0.25) is 0 Å². The standard InChI is InChI=1S/C6H12INO/c1-5-3-2-4-6(9)8(5)7/h5-6,9H,2-4H2,1H3. The van der Waals surface area contributed by atoms with E-state index in [9.17, 15) is 5.11 Å². The van der Waals surface area contributed by atoms with E-state index in [1.54, 1.807) is 0 Å². The zero-order valence-electron chi connectivity index (χ0n) is 5.55. The first-order valence-electron chi connectivity index (χ1n) is 3.34. The molecular formula is C6H12INO. The van der Waals surface area contributed by atoms with Gasteiger partial charge in [0, 0.05) is 28.9 Å². The fourth-order valence-electron chi connectivity index (χ4n) is 1.14. The zero-order valence-corrected chi connectivity index (χ0v) is 7.71. The van der Waals surface area contributed by atoms with Crippen LogP contribution in [0.4, 0.5) is 0 Å². The molecule has 2 nitrogen and oxygen atoms in total. The Balaban J connectivity index is 2.41. The summed E-state index contributed by atoms with van der Waals surface area (Å²) in [7, 11) is 0. The second-order valence-electron chi connectivity index (χ2n) is 2.60. The first kappa shape index (κ1) is 7.75. The van der Waals surface area contributed by atoms with Crippen LogP contribution in [-0.2, 0) is 0 Å². The molecule has 2 unspecified atom stereocenters. The molecule has 0 amide bonds. The van der Waals surface area contributed by atoms with Gasteiger partial charge in [-0.1, -0.05) is 0 Å². The first-order chi connectivity index (χ1) is 4.22. The minimum absolute atomic E-state index is 0.200. The van der Waals surface area contributed by atoms with Crippen molar-refractivity contribution in [1.29, 1.82) is 0 Å². The molecule has 1 saturated heterocycles. The van der Waals surface area contributed by atoms with E-state index in [1.165, 1.54) is 12.8 Å². The molecule has 3 heteroatoms. The Labute approximate surface area is 69.7 Å². The molecule has 1 fully saturated rings. The van der Waals surface area contributed by atoms with Gasteiger partial charge in [-0.25, -0.2) is 3.11 Å². The first-order valence-corrected chi connectivity index (χ1v) is 4.30. The van der Waals surface area contributed by atoms with E-state index in [0.717, 1.165) is 6.42 Å². The van der Waals surface area contributed by atoms with Crippen LogP contribution in [0.5, 0.6) is 0 Å². The van der Waals surface area contributed by atoms with Crippen LogP contribution in [0.25, 0.3) is 0 Å². The number of aliphatic hydroxyl groups is 1. The molecule has 2 atom stereocenters. The Morgan fingerprint density at radius 3 is 2.67 bits per heavy atom. The van der Waals surface area contributed by atoms with E-state index >= 15 is 0 Å². The number of rotatable bonds is 0.